The number of nitrogens with two attached hydrogens (primary N) is 1. The van der Waals surface area contributed by atoms with Crippen LogP contribution in [-0.4, -0.2) is 47.1 Å². The first-order chi connectivity index (χ1) is 18.8. The number of hydrogen-bond acceptors (Lipinski definition) is 6. The lowest BCUT2D eigenvalue weighted by atomic mass is 10.1. The number of anilines is 1. The summed E-state index contributed by atoms with van der Waals surface area (Å²) in [7, 11) is 1.40. The van der Waals surface area contributed by atoms with Crippen molar-refractivity contribution in [1.82, 2.24) is 20.0 Å². The van der Waals surface area contributed by atoms with Crippen LogP contribution in [0.5, 0.6) is 11.5 Å². The summed E-state index contributed by atoms with van der Waals surface area (Å²) in [5.41, 5.74) is 6.64. The predicted octanol–water partition coefficient (Wildman–Crippen LogP) is 4.01. The zero-order valence-corrected chi connectivity index (χ0v) is 21.1. The van der Waals surface area contributed by atoms with Crippen LogP contribution in [0.2, 0.25) is 0 Å². The van der Waals surface area contributed by atoms with Gasteiger partial charge in [-0.15, -0.1) is 4.52 Å². The van der Waals surface area contributed by atoms with Gasteiger partial charge in [0.2, 0.25) is 5.69 Å². The summed E-state index contributed by atoms with van der Waals surface area (Å²) >= 11 is 0. The van der Waals surface area contributed by atoms with Crippen LogP contribution < -0.4 is 25.0 Å². The topological polar surface area (TPSA) is 108 Å². The van der Waals surface area contributed by atoms with Crippen molar-refractivity contribution in [2.45, 2.75) is 25.7 Å². The van der Waals surface area contributed by atoms with Crippen molar-refractivity contribution < 1.29 is 45.1 Å². The van der Waals surface area contributed by atoms with Crippen LogP contribution in [0.4, 0.5) is 32.2 Å². The van der Waals surface area contributed by atoms with E-state index in [-0.39, 0.29) is 25.1 Å². The van der Waals surface area contributed by atoms with Crippen LogP contribution in [-0.2, 0) is 11.0 Å². The molecule has 1 amide bonds. The lowest BCUT2D eigenvalue weighted by Gasteiger charge is -2.12. The minimum Gasteiger partial charge on any atom is -0.493 e. The smallest absolute Gasteiger partial charge is 0.471 e. The number of aromatic nitrogens is 4. The molecule has 3 aromatic heterocycles. The molecular formula is C25H23F6N6O3+. The van der Waals surface area contributed by atoms with E-state index in [1.165, 1.54) is 17.9 Å². The fourth-order valence-corrected chi connectivity index (χ4v) is 3.91. The maximum absolute atomic E-state index is 13.4. The summed E-state index contributed by atoms with van der Waals surface area (Å²) in [5.74, 6) is -2.02. The molecular weight excluding hydrogens is 546 g/mol. The Morgan fingerprint density at radius 1 is 1.10 bits per heavy atom. The Kier molecular flexibility index (Phi) is 7.75. The number of benzene rings is 1. The van der Waals surface area contributed by atoms with Crippen LogP contribution in [0.15, 0.2) is 48.9 Å². The van der Waals surface area contributed by atoms with Crippen LogP contribution in [0.3, 0.4) is 0 Å². The van der Waals surface area contributed by atoms with E-state index in [9.17, 15) is 31.1 Å². The van der Waals surface area contributed by atoms with Gasteiger partial charge < -0.3 is 20.5 Å². The van der Waals surface area contributed by atoms with E-state index in [0.717, 1.165) is 6.07 Å². The first kappa shape index (κ1) is 28.4. The fourth-order valence-electron chi connectivity index (χ4n) is 3.91. The number of carbonyl (C=O) groups excluding carboxylic acids is 1. The summed E-state index contributed by atoms with van der Waals surface area (Å²) in [6.45, 7) is 1.51. The molecule has 0 atom stereocenters. The number of pyridine rings is 1. The van der Waals surface area contributed by atoms with Crippen LogP contribution in [0, 0.1) is 6.92 Å². The molecule has 0 aliphatic heterocycles. The summed E-state index contributed by atoms with van der Waals surface area (Å²) < 4.78 is 91.1. The van der Waals surface area contributed by atoms with Gasteiger partial charge in [-0.2, -0.15) is 26.3 Å². The molecule has 1 aromatic carbocycles. The number of fused-ring (bicyclic) bond motifs is 1. The van der Waals surface area contributed by atoms with E-state index in [1.54, 1.807) is 53.4 Å². The molecule has 3 heterocycles. The molecule has 9 nitrogen and oxygen atoms in total. The van der Waals surface area contributed by atoms with Gasteiger partial charge >= 0.3 is 18.3 Å². The van der Waals surface area contributed by atoms with E-state index in [1.807, 2.05) is 0 Å². The Labute approximate surface area is 223 Å². The Bertz CT molecular complexity index is 1550. The average molecular weight is 569 g/mol. The molecule has 15 heteroatoms. The van der Waals surface area contributed by atoms with Gasteiger partial charge in [-0.25, -0.2) is 4.98 Å². The van der Waals surface area contributed by atoms with Crippen molar-refractivity contribution in [2.24, 2.45) is 0 Å². The van der Waals surface area contributed by atoms with Crippen LogP contribution >= 0.6 is 0 Å². The molecule has 0 saturated heterocycles. The third-order valence-electron chi connectivity index (χ3n) is 5.78. The number of halogens is 6. The Morgan fingerprint density at radius 2 is 1.85 bits per heavy atom. The van der Waals surface area contributed by atoms with Gasteiger partial charge in [0.1, 0.15) is 23.9 Å². The molecule has 4 aromatic rings. The van der Waals surface area contributed by atoms with Crippen LogP contribution in [0.25, 0.3) is 22.5 Å². The predicted molar refractivity (Wildman–Crippen MR) is 129 cm³/mol. The zero-order chi connectivity index (χ0) is 29.2. The second kappa shape index (κ2) is 10.9. The number of hydrogen-bond donors (Lipinski definition) is 2. The number of amides is 1. The van der Waals surface area contributed by atoms with Gasteiger partial charge in [0.05, 0.1) is 24.4 Å². The molecule has 0 radical (unpaired) electrons. The number of carbonyl (C=O) groups is 1. The highest BCUT2D eigenvalue weighted by molar-refractivity contribution is 5.81. The van der Waals surface area contributed by atoms with Gasteiger partial charge in [-0.05, 0) is 42.2 Å². The van der Waals surface area contributed by atoms with E-state index in [4.69, 9.17) is 15.2 Å². The Morgan fingerprint density at radius 3 is 2.52 bits per heavy atom. The number of rotatable bonds is 8. The highest BCUT2D eigenvalue weighted by atomic mass is 19.4. The highest BCUT2D eigenvalue weighted by Gasteiger charge is 2.38. The number of alkyl halides is 6. The van der Waals surface area contributed by atoms with Crippen molar-refractivity contribution in [2.75, 3.05) is 26.0 Å². The summed E-state index contributed by atoms with van der Waals surface area (Å²) in [6.07, 6.45) is -4.89. The second-order valence-electron chi connectivity index (χ2n) is 8.61. The standard InChI is InChI=1S/C25H22F6N6O3/c1-14-13-36-8-6-18(35-37(36)21(14)16-10-17(24(26,27)28)22(32)34-12-16)15-4-5-19(20(11-15)39-2)40-9-3-7-33-23(38)25(29,30)31/h4-6,8,10-13,32H,3,7,9H2,1-2H3,(H,33,38)/p+1. The molecule has 40 heavy (non-hydrogen) atoms. The van der Waals surface area contributed by atoms with E-state index < -0.39 is 29.6 Å². The molecule has 0 spiro atoms. The number of methoxy groups -OCH3 is 1. The molecule has 0 bridgehead atoms. The second-order valence-corrected chi connectivity index (χ2v) is 8.61. The third-order valence-corrected chi connectivity index (χ3v) is 5.78. The number of nitrogen functional groups attached to an aromatic ring is 1. The summed E-state index contributed by atoms with van der Waals surface area (Å²) in [4.78, 5) is 14.6. The van der Waals surface area contributed by atoms with E-state index >= 15 is 0 Å². The quantitative estimate of drug-likeness (QED) is 0.189. The molecule has 0 unspecified atom stereocenters. The Balaban J connectivity index is 1.58. The number of aryl methyl sites for hydroxylation is 1. The maximum Gasteiger partial charge on any atom is 0.471 e. The largest absolute Gasteiger partial charge is 0.493 e. The van der Waals surface area contributed by atoms with Crippen LogP contribution in [0.1, 0.15) is 17.5 Å². The van der Waals surface area contributed by atoms with Gasteiger partial charge in [-0.3, -0.25) is 4.79 Å². The van der Waals surface area contributed by atoms with Gasteiger partial charge in [0.15, 0.2) is 11.5 Å². The van der Waals surface area contributed by atoms with Crippen molar-refractivity contribution in [3.63, 3.8) is 0 Å². The SMILES string of the molecule is COc1cc(-c2cc[n+]3cc(C)c(-c4cnc(N)c(C(F)(F)F)c4)n3n2)ccc1OCCCNC(=O)C(F)(F)F. The Hall–Kier alpha value is -4.56. The van der Waals surface area contributed by atoms with Crippen molar-refractivity contribution in [3.8, 4) is 34.0 Å². The summed E-state index contributed by atoms with van der Waals surface area (Å²) in [6, 6.07) is 7.51. The number of ether oxygens (including phenoxy) is 2. The lowest BCUT2D eigenvalue weighted by molar-refractivity contribution is -0.623. The lowest BCUT2D eigenvalue weighted by Crippen LogP contribution is -2.37. The number of nitrogens with zero attached hydrogens (tertiary/aromatic N) is 4. The molecule has 0 fully saturated rings. The maximum atomic E-state index is 13.4. The normalized spacial score (nSPS) is 12.0. The molecule has 0 aliphatic rings. The summed E-state index contributed by atoms with van der Waals surface area (Å²) in [5, 5.41) is 6.36. The van der Waals surface area contributed by atoms with Crippen molar-refractivity contribution in [3.05, 3.63) is 60.0 Å². The molecule has 0 aliphatic carbocycles. The van der Waals surface area contributed by atoms with Gasteiger partial charge in [-0.1, -0.05) is 0 Å². The average Bonchev–Trinajstić information content (AvgIpc) is 3.22. The minimum atomic E-state index is -4.95. The highest BCUT2D eigenvalue weighted by Crippen LogP contribution is 2.36. The molecule has 3 N–H and O–H groups in total. The van der Waals surface area contributed by atoms with Crippen molar-refractivity contribution >= 4 is 11.7 Å². The van der Waals surface area contributed by atoms with Gasteiger partial charge in [0.25, 0.3) is 0 Å². The van der Waals surface area contributed by atoms with Crippen molar-refractivity contribution in [1.29, 1.82) is 0 Å². The first-order valence-corrected chi connectivity index (χ1v) is 11.7. The monoisotopic (exact) mass is 569 g/mol. The minimum absolute atomic E-state index is 0.0102. The molecule has 212 valence electrons. The molecule has 4 rings (SSSR count). The van der Waals surface area contributed by atoms with E-state index in [0.29, 0.717) is 34.0 Å². The zero-order valence-electron chi connectivity index (χ0n) is 21.1. The van der Waals surface area contributed by atoms with Gasteiger partial charge in [0, 0.05) is 35.5 Å². The fraction of sp³-hybridized carbons (Fsp3) is 0.280. The first-order valence-electron chi connectivity index (χ1n) is 11.7. The number of nitrogens with one attached hydrogen (secondary N) is 1. The van der Waals surface area contributed by atoms with E-state index in [2.05, 4.69) is 10.1 Å². The molecule has 0 saturated carbocycles. The third kappa shape index (κ3) is 6.02.